The summed E-state index contributed by atoms with van der Waals surface area (Å²) in [6.45, 7) is 17.6. The minimum atomic E-state index is -0.112. The van der Waals surface area contributed by atoms with Crippen molar-refractivity contribution in [3.63, 3.8) is 0 Å². The predicted octanol–water partition coefficient (Wildman–Crippen LogP) is 7.14. The van der Waals surface area contributed by atoms with Crippen molar-refractivity contribution in [1.29, 1.82) is 0 Å². The molecular weight excluding hydrogens is 268 g/mol. The van der Waals surface area contributed by atoms with Gasteiger partial charge in [-0.2, -0.15) is 0 Å². The molecule has 3 atom stereocenters. The van der Waals surface area contributed by atoms with Gasteiger partial charge in [-0.05, 0) is 38.5 Å². The van der Waals surface area contributed by atoms with Crippen molar-refractivity contribution in [1.82, 2.24) is 0 Å². The highest BCUT2D eigenvalue weighted by atomic mass is 16.3. The fraction of sp³-hybridized carbons (Fsp3) is 0.905. The summed E-state index contributed by atoms with van der Waals surface area (Å²) in [6.07, 6.45) is 10.1. The molecule has 3 unspecified atom stereocenters. The number of allylic oxidation sites excluding steroid dienone is 1. The van der Waals surface area contributed by atoms with Crippen LogP contribution in [0.4, 0.5) is 0 Å². The molecular formula is C21H44O. The van der Waals surface area contributed by atoms with E-state index in [2.05, 4.69) is 55.4 Å². The molecule has 0 aliphatic heterocycles. The summed E-state index contributed by atoms with van der Waals surface area (Å²) in [5.41, 5.74) is 2.91. The largest absolute Gasteiger partial charge is 0.392 e. The van der Waals surface area contributed by atoms with Crippen LogP contribution in [0.15, 0.2) is 11.1 Å². The van der Waals surface area contributed by atoms with Gasteiger partial charge in [-0.25, -0.2) is 0 Å². The second-order valence-corrected chi connectivity index (χ2v) is 6.82. The van der Waals surface area contributed by atoms with Crippen LogP contribution in [0.1, 0.15) is 107 Å². The third kappa shape index (κ3) is 10.4. The SMILES string of the molecule is CCC1C(C)=C(C)CC(O)C1C.CCCCC.CCCCC. The van der Waals surface area contributed by atoms with E-state index < -0.39 is 0 Å². The number of hydrogen-bond donors (Lipinski definition) is 1. The fourth-order valence-electron chi connectivity index (χ4n) is 3.02. The van der Waals surface area contributed by atoms with Gasteiger partial charge in [0.15, 0.2) is 0 Å². The maximum absolute atomic E-state index is 9.73. The predicted molar refractivity (Wildman–Crippen MR) is 102 cm³/mol. The van der Waals surface area contributed by atoms with Crippen LogP contribution in [0.3, 0.4) is 0 Å². The van der Waals surface area contributed by atoms with Crippen molar-refractivity contribution in [3.05, 3.63) is 11.1 Å². The maximum atomic E-state index is 9.73. The molecule has 0 aromatic carbocycles. The van der Waals surface area contributed by atoms with Crippen LogP contribution in [-0.4, -0.2) is 11.2 Å². The minimum Gasteiger partial charge on any atom is -0.392 e. The molecule has 0 amide bonds. The van der Waals surface area contributed by atoms with Crippen LogP contribution >= 0.6 is 0 Å². The quantitative estimate of drug-likeness (QED) is 0.535. The van der Waals surface area contributed by atoms with E-state index in [9.17, 15) is 5.11 Å². The van der Waals surface area contributed by atoms with Gasteiger partial charge in [0, 0.05) is 0 Å². The lowest BCUT2D eigenvalue weighted by Crippen LogP contribution is -2.30. The van der Waals surface area contributed by atoms with Gasteiger partial charge < -0.3 is 5.11 Å². The van der Waals surface area contributed by atoms with E-state index >= 15 is 0 Å². The average Bonchev–Trinajstić information content (AvgIpc) is 2.49. The van der Waals surface area contributed by atoms with Gasteiger partial charge in [0.05, 0.1) is 6.10 Å². The minimum absolute atomic E-state index is 0.112. The van der Waals surface area contributed by atoms with Crippen LogP contribution in [-0.2, 0) is 0 Å². The first-order valence-corrected chi connectivity index (χ1v) is 9.75. The molecule has 0 radical (unpaired) electrons. The summed E-state index contributed by atoms with van der Waals surface area (Å²) < 4.78 is 0. The molecule has 0 bridgehead atoms. The summed E-state index contributed by atoms with van der Waals surface area (Å²) in [4.78, 5) is 0. The Kier molecular flexibility index (Phi) is 17.0. The lowest BCUT2D eigenvalue weighted by Gasteiger charge is -2.34. The highest BCUT2D eigenvalue weighted by Gasteiger charge is 2.29. The molecule has 1 heteroatoms. The van der Waals surface area contributed by atoms with Crippen molar-refractivity contribution in [3.8, 4) is 0 Å². The zero-order chi connectivity index (χ0) is 17.5. The Hall–Kier alpha value is -0.300. The van der Waals surface area contributed by atoms with Crippen molar-refractivity contribution < 1.29 is 5.11 Å². The molecule has 0 fully saturated rings. The van der Waals surface area contributed by atoms with Gasteiger partial charge >= 0.3 is 0 Å². The highest BCUT2D eigenvalue weighted by molar-refractivity contribution is 5.19. The average molecular weight is 313 g/mol. The van der Waals surface area contributed by atoms with Crippen LogP contribution in [0.5, 0.6) is 0 Å². The number of unbranched alkanes of at least 4 members (excludes halogenated alkanes) is 4. The number of rotatable bonds is 5. The Morgan fingerprint density at radius 3 is 1.55 bits per heavy atom. The Morgan fingerprint density at radius 1 is 0.864 bits per heavy atom. The van der Waals surface area contributed by atoms with Gasteiger partial charge in [-0.15, -0.1) is 0 Å². The monoisotopic (exact) mass is 312 g/mol. The van der Waals surface area contributed by atoms with Crippen molar-refractivity contribution in [2.45, 2.75) is 113 Å². The normalized spacial score (nSPS) is 24.1. The molecule has 0 spiro atoms. The van der Waals surface area contributed by atoms with Crippen molar-refractivity contribution >= 4 is 0 Å². The highest BCUT2D eigenvalue weighted by Crippen LogP contribution is 2.36. The first kappa shape index (κ1) is 24.0. The number of hydrogen-bond acceptors (Lipinski definition) is 1. The zero-order valence-corrected chi connectivity index (χ0v) is 16.8. The van der Waals surface area contributed by atoms with Gasteiger partial charge in [0.25, 0.3) is 0 Å². The molecule has 1 aliphatic carbocycles. The van der Waals surface area contributed by atoms with E-state index in [4.69, 9.17) is 0 Å². The van der Waals surface area contributed by atoms with Crippen molar-refractivity contribution in [2.75, 3.05) is 0 Å². The van der Waals surface area contributed by atoms with Gasteiger partial charge in [0.1, 0.15) is 0 Å². The lowest BCUT2D eigenvalue weighted by atomic mass is 9.74. The Bertz CT molecular complexity index is 257. The molecule has 0 aromatic heterocycles. The Labute approximate surface area is 141 Å². The summed E-state index contributed by atoms with van der Waals surface area (Å²) >= 11 is 0. The summed E-state index contributed by atoms with van der Waals surface area (Å²) in [6, 6.07) is 0. The first-order valence-electron chi connectivity index (χ1n) is 9.75. The third-order valence-electron chi connectivity index (χ3n) is 4.84. The van der Waals surface area contributed by atoms with Gasteiger partial charge in [-0.1, -0.05) is 91.2 Å². The molecule has 0 saturated heterocycles. The second-order valence-electron chi connectivity index (χ2n) is 6.82. The van der Waals surface area contributed by atoms with E-state index in [1.807, 2.05) is 0 Å². The molecule has 1 N–H and O–H groups in total. The summed E-state index contributed by atoms with van der Waals surface area (Å²) in [5.74, 6) is 1.05. The topological polar surface area (TPSA) is 20.2 Å². The maximum Gasteiger partial charge on any atom is 0.0608 e. The van der Waals surface area contributed by atoms with E-state index in [-0.39, 0.29) is 6.10 Å². The zero-order valence-electron chi connectivity index (χ0n) is 16.8. The van der Waals surface area contributed by atoms with Crippen LogP contribution < -0.4 is 0 Å². The van der Waals surface area contributed by atoms with Crippen LogP contribution in [0, 0.1) is 11.8 Å². The van der Waals surface area contributed by atoms with E-state index in [0.717, 1.165) is 12.8 Å². The second kappa shape index (κ2) is 15.6. The Balaban J connectivity index is 0. The molecule has 0 heterocycles. The van der Waals surface area contributed by atoms with E-state index in [0.29, 0.717) is 11.8 Å². The van der Waals surface area contributed by atoms with Crippen LogP contribution in [0.2, 0.25) is 0 Å². The summed E-state index contributed by atoms with van der Waals surface area (Å²) in [5, 5.41) is 9.73. The molecule has 1 aliphatic rings. The van der Waals surface area contributed by atoms with E-state index in [1.165, 1.54) is 49.7 Å². The number of aliphatic hydroxyl groups is 1. The number of aliphatic hydroxyl groups excluding tert-OH is 1. The molecule has 134 valence electrons. The molecule has 22 heavy (non-hydrogen) atoms. The molecule has 1 nitrogen and oxygen atoms in total. The standard InChI is InChI=1S/C11H20O.2C5H12/c1-5-10-8(3)7(2)6-11(12)9(10)4;2*1-3-5-4-2/h9-12H,5-6H2,1-4H3;2*3-5H2,1-2H3. The lowest BCUT2D eigenvalue weighted by molar-refractivity contribution is 0.0802. The summed E-state index contributed by atoms with van der Waals surface area (Å²) in [7, 11) is 0. The smallest absolute Gasteiger partial charge is 0.0608 e. The fourth-order valence-corrected chi connectivity index (χ4v) is 3.02. The van der Waals surface area contributed by atoms with Gasteiger partial charge in [0.2, 0.25) is 0 Å². The van der Waals surface area contributed by atoms with E-state index in [1.54, 1.807) is 0 Å². The van der Waals surface area contributed by atoms with Crippen LogP contribution in [0.25, 0.3) is 0 Å². The first-order chi connectivity index (χ1) is 10.4. The Morgan fingerprint density at radius 2 is 1.27 bits per heavy atom. The molecule has 0 saturated carbocycles. The van der Waals surface area contributed by atoms with Crippen molar-refractivity contribution in [2.24, 2.45) is 11.8 Å². The van der Waals surface area contributed by atoms with Gasteiger partial charge in [-0.3, -0.25) is 0 Å². The third-order valence-corrected chi connectivity index (χ3v) is 4.84. The molecule has 1 rings (SSSR count). The molecule has 0 aromatic rings.